The van der Waals surface area contributed by atoms with Crippen LogP contribution in [0.3, 0.4) is 0 Å². The molecule has 0 aromatic carbocycles. The summed E-state index contributed by atoms with van der Waals surface area (Å²) in [6.07, 6.45) is 6.91. The van der Waals surface area contributed by atoms with Gasteiger partial charge in [0.2, 0.25) is 0 Å². The zero-order chi connectivity index (χ0) is 12.8. The Morgan fingerprint density at radius 1 is 1.67 bits per heavy atom. The summed E-state index contributed by atoms with van der Waals surface area (Å²) >= 11 is 0. The molecule has 96 valence electrons. The number of hydrogen-bond acceptors (Lipinski definition) is 4. The normalized spacial score (nSPS) is 18.8. The van der Waals surface area contributed by atoms with Crippen LogP contribution in [0.4, 0.5) is 0 Å². The van der Waals surface area contributed by atoms with E-state index < -0.39 is 0 Å². The van der Waals surface area contributed by atoms with Crippen molar-refractivity contribution in [2.24, 2.45) is 0 Å². The van der Waals surface area contributed by atoms with Gasteiger partial charge in [0.1, 0.15) is 12.6 Å². The largest absolute Gasteiger partial charge is 0.468 e. The maximum absolute atomic E-state index is 10.9. The second-order valence-corrected chi connectivity index (χ2v) is 4.08. The van der Waals surface area contributed by atoms with Gasteiger partial charge in [0.25, 0.3) is 0 Å². The molecule has 0 saturated carbocycles. The summed E-state index contributed by atoms with van der Waals surface area (Å²) in [5, 5.41) is 4.23. The van der Waals surface area contributed by atoms with E-state index in [0.717, 1.165) is 31.4 Å². The molecule has 0 radical (unpaired) electrons. The summed E-state index contributed by atoms with van der Waals surface area (Å²) < 4.78 is 11.9. The van der Waals surface area contributed by atoms with Crippen LogP contribution in [0.2, 0.25) is 0 Å². The first kappa shape index (κ1) is 12.7. The monoisotopic (exact) mass is 248 g/mol. The smallest absolute Gasteiger partial charge is 0.317 e. The molecule has 0 spiro atoms. The molecule has 0 bridgehead atoms. The summed E-state index contributed by atoms with van der Waals surface area (Å²) in [5.41, 5.74) is 0.785. The van der Waals surface area contributed by atoms with E-state index in [1.807, 2.05) is 6.20 Å². The number of carbonyl (C=O) groups is 1. The molecule has 2 heterocycles. The zero-order valence-corrected chi connectivity index (χ0v) is 10.4. The molecule has 0 N–H and O–H groups in total. The standard InChI is InChI=1S/C13H16N2O3/c1-17-13(16)7-4-5-11-9-14-15(10-11)12-6-2-3-8-18-12/h9-10,12H,2-3,6-8H2,1H3/t12-/m0/s1. The highest BCUT2D eigenvalue weighted by Gasteiger charge is 2.15. The Morgan fingerprint density at radius 2 is 2.56 bits per heavy atom. The van der Waals surface area contributed by atoms with Crippen LogP contribution in [0.15, 0.2) is 12.4 Å². The first-order valence-corrected chi connectivity index (χ1v) is 6.01. The van der Waals surface area contributed by atoms with E-state index in [1.165, 1.54) is 7.11 Å². The van der Waals surface area contributed by atoms with E-state index in [9.17, 15) is 4.79 Å². The Balaban J connectivity index is 1.95. The maximum atomic E-state index is 10.9. The van der Waals surface area contributed by atoms with Crippen LogP contribution >= 0.6 is 0 Å². The summed E-state index contributed by atoms with van der Waals surface area (Å²) in [6, 6.07) is 0. The number of carbonyl (C=O) groups excluding carboxylic acids is 1. The Morgan fingerprint density at radius 3 is 3.28 bits per heavy atom. The van der Waals surface area contributed by atoms with E-state index in [2.05, 4.69) is 21.7 Å². The lowest BCUT2D eigenvalue weighted by Gasteiger charge is -2.22. The van der Waals surface area contributed by atoms with Crippen LogP contribution in [-0.4, -0.2) is 29.5 Å². The van der Waals surface area contributed by atoms with Gasteiger partial charge in [0, 0.05) is 12.8 Å². The SMILES string of the molecule is COC(=O)CC#Cc1cnn([C@@H]2CCCCO2)c1. The molecule has 1 aromatic heterocycles. The molecule has 1 fully saturated rings. The van der Waals surface area contributed by atoms with Crippen molar-refractivity contribution in [2.45, 2.75) is 31.9 Å². The minimum atomic E-state index is -0.328. The lowest BCUT2D eigenvalue weighted by molar-refractivity contribution is -0.139. The van der Waals surface area contributed by atoms with Crippen molar-refractivity contribution in [3.8, 4) is 11.8 Å². The number of hydrogen-bond donors (Lipinski definition) is 0. The predicted molar refractivity (Wildman–Crippen MR) is 64.6 cm³/mol. The molecule has 0 aliphatic carbocycles. The van der Waals surface area contributed by atoms with Gasteiger partial charge in [0.15, 0.2) is 0 Å². The molecule has 1 saturated heterocycles. The van der Waals surface area contributed by atoms with Crippen molar-refractivity contribution in [1.29, 1.82) is 0 Å². The van der Waals surface area contributed by atoms with Gasteiger partial charge < -0.3 is 9.47 Å². The molecule has 0 amide bonds. The van der Waals surface area contributed by atoms with Crippen LogP contribution in [0.5, 0.6) is 0 Å². The van der Waals surface area contributed by atoms with E-state index in [-0.39, 0.29) is 18.6 Å². The number of aromatic nitrogens is 2. The van der Waals surface area contributed by atoms with Crippen LogP contribution in [0.25, 0.3) is 0 Å². The van der Waals surface area contributed by atoms with E-state index in [0.29, 0.717) is 0 Å². The predicted octanol–water partition coefficient (Wildman–Crippen LogP) is 1.50. The minimum Gasteiger partial charge on any atom is -0.468 e. The molecule has 18 heavy (non-hydrogen) atoms. The number of nitrogens with zero attached hydrogens (tertiary/aromatic N) is 2. The van der Waals surface area contributed by atoms with Crippen molar-refractivity contribution >= 4 is 5.97 Å². The lowest BCUT2D eigenvalue weighted by atomic mass is 10.2. The molecule has 1 aromatic rings. The first-order chi connectivity index (χ1) is 8.79. The quantitative estimate of drug-likeness (QED) is 0.588. The summed E-state index contributed by atoms with van der Waals surface area (Å²) in [6.45, 7) is 0.786. The molecule has 5 heteroatoms. The van der Waals surface area contributed by atoms with E-state index in [1.54, 1.807) is 10.9 Å². The van der Waals surface area contributed by atoms with Crippen molar-refractivity contribution < 1.29 is 14.3 Å². The fourth-order valence-corrected chi connectivity index (χ4v) is 1.78. The lowest BCUT2D eigenvalue weighted by Crippen LogP contribution is -2.18. The van der Waals surface area contributed by atoms with Crippen molar-refractivity contribution in [3.63, 3.8) is 0 Å². The second-order valence-electron chi connectivity index (χ2n) is 4.08. The van der Waals surface area contributed by atoms with E-state index >= 15 is 0 Å². The summed E-state index contributed by atoms with van der Waals surface area (Å²) in [4.78, 5) is 10.9. The van der Waals surface area contributed by atoms with Crippen molar-refractivity contribution in [3.05, 3.63) is 18.0 Å². The van der Waals surface area contributed by atoms with Gasteiger partial charge in [-0.05, 0) is 19.3 Å². The molecule has 1 aliphatic rings. The van der Waals surface area contributed by atoms with Crippen LogP contribution in [0, 0.1) is 11.8 Å². The molecule has 5 nitrogen and oxygen atoms in total. The Kier molecular flexibility index (Phi) is 4.37. The van der Waals surface area contributed by atoms with Gasteiger partial charge in [-0.25, -0.2) is 4.68 Å². The third-order valence-corrected chi connectivity index (χ3v) is 2.75. The molecule has 2 rings (SSSR count). The molecule has 0 unspecified atom stereocenters. The van der Waals surface area contributed by atoms with Gasteiger partial charge in [-0.1, -0.05) is 11.8 Å². The number of methoxy groups -OCH3 is 1. The molecular weight excluding hydrogens is 232 g/mol. The van der Waals surface area contributed by atoms with Crippen LogP contribution in [0.1, 0.15) is 37.5 Å². The topological polar surface area (TPSA) is 53.3 Å². The highest BCUT2D eigenvalue weighted by atomic mass is 16.5. The third kappa shape index (κ3) is 3.34. The maximum Gasteiger partial charge on any atom is 0.317 e. The number of ether oxygens (including phenoxy) is 2. The van der Waals surface area contributed by atoms with E-state index in [4.69, 9.17) is 4.74 Å². The average molecular weight is 248 g/mol. The minimum absolute atomic E-state index is 0.0231. The Hall–Kier alpha value is -1.80. The number of rotatable bonds is 2. The Labute approximate surface area is 106 Å². The average Bonchev–Trinajstić information content (AvgIpc) is 2.88. The second kappa shape index (κ2) is 6.22. The van der Waals surface area contributed by atoms with Crippen LogP contribution in [-0.2, 0) is 14.3 Å². The highest BCUT2D eigenvalue weighted by molar-refractivity contribution is 5.72. The van der Waals surface area contributed by atoms with Crippen molar-refractivity contribution in [1.82, 2.24) is 9.78 Å². The van der Waals surface area contributed by atoms with Gasteiger partial charge in [-0.3, -0.25) is 4.79 Å². The van der Waals surface area contributed by atoms with Gasteiger partial charge in [-0.15, -0.1) is 0 Å². The van der Waals surface area contributed by atoms with Gasteiger partial charge >= 0.3 is 5.97 Å². The fraction of sp³-hybridized carbons (Fsp3) is 0.538. The summed E-state index contributed by atoms with van der Waals surface area (Å²) in [7, 11) is 1.35. The van der Waals surface area contributed by atoms with Gasteiger partial charge in [0.05, 0.1) is 18.9 Å². The summed E-state index contributed by atoms with van der Waals surface area (Å²) in [5.74, 6) is 5.30. The Bertz CT molecular complexity index is 464. The van der Waals surface area contributed by atoms with Crippen molar-refractivity contribution in [2.75, 3.05) is 13.7 Å². The zero-order valence-electron chi connectivity index (χ0n) is 10.4. The number of esters is 1. The molecule has 1 aliphatic heterocycles. The third-order valence-electron chi connectivity index (χ3n) is 2.75. The molecular formula is C13H16N2O3. The van der Waals surface area contributed by atoms with Gasteiger partial charge in [-0.2, -0.15) is 5.10 Å². The highest BCUT2D eigenvalue weighted by Crippen LogP contribution is 2.21. The fourth-order valence-electron chi connectivity index (χ4n) is 1.78. The first-order valence-electron chi connectivity index (χ1n) is 6.01. The molecule has 1 atom stereocenters. The van der Waals surface area contributed by atoms with Crippen LogP contribution < -0.4 is 0 Å².